The molecule has 2 aromatic heterocycles. The molecule has 4 rings (SSSR count). The SMILES string of the molecule is CCCn1c(-c2c(Cl)cccc2Cl)nc(-c2ccncc2)c1-c1ccc(C)cc1. The van der Waals surface area contributed by atoms with Gasteiger partial charge in [-0.05, 0) is 37.6 Å². The van der Waals surface area contributed by atoms with E-state index in [2.05, 4.69) is 47.7 Å². The van der Waals surface area contributed by atoms with Crippen LogP contribution >= 0.6 is 23.2 Å². The lowest BCUT2D eigenvalue weighted by Gasteiger charge is -2.14. The topological polar surface area (TPSA) is 30.7 Å². The molecule has 0 N–H and O–H groups in total. The number of halogens is 2. The molecule has 0 amide bonds. The van der Waals surface area contributed by atoms with E-state index in [4.69, 9.17) is 28.2 Å². The van der Waals surface area contributed by atoms with E-state index in [1.54, 1.807) is 12.4 Å². The molecule has 4 aromatic rings. The fraction of sp³-hybridized carbons (Fsp3) is 0.167. The summed E-state index contributed by atoms with van der Waals surface area (Å²) in [4.78, 5) is 9.22. The van der Waals surface area contributed by atoms with Gasteiger partial charge in [-0.15, -0.1) is 0 Å². The predicted octanol–water partition coefficient (Wildman–Crippen LogP) is 7.30. The Morgan fingerprint density at radius 1 is 0.862 bits per heavy atom. The van der Waals surface area contributed by atoms with Crippen molar-refractivity contribution in [3.05, 3.63) is 82.6 Å². The summed E-state index contributed by atoms with van der Waals surface area (Å²) in [5, 5.41) is 1.19. The number of rotatable bonds is 5. The Morgan fingerprint density at radius 3 is 2.14 bits per heavy atom. The van der Waals surface area contributed by atoms with E-state index in [-0.39, 0.29) is 0 Å². The predicted molar refractivity (Wildman–Crippen MR) is 121 cm³/mol. The van der Waals surface area contributed by atoms with Crippen LogP contribution in [0.5, 0.6) is 0 Å². The molecule has 0 radical (unpaired) electrons. The normalized spacial score (nSPS) is 11.0. The average molecular weight is 422 g/mol. The Kier molecular flexibility index (Phi) is 5.70. The van der Waals surface area contributed by atoms with Gasteiger partial charge < -0.3 is 4.57 Å². The van der Waals surface area contributed by atoms with Crippen LogP contribution < -0.4 is 0 Å². The number of hydrogen-bond acceptors (Lipinski definition) is 2. The van der Waals surface area contributed by atoms with E-state index in [1.165, 1.54) is 5.56 Å². The Bertz CT molecular complexity index is 1110. The number of aryl methyl sites for hydroxylation is 1. The molecule has 0 fully saturated rings. The van der Waals surface area contributed by atoms with E-state index >= 15 is 0 Å². The first-order valence-electron chi connectivity index (χ1n) is 9.62. The fourth-order valence-corrected chi connectivity index (χ4v) is 4.08. The first-order valence-corrected chi connectivity index (χ1v) is 10.4. The largest absolute Gasteiger partial charge is 0.323 e. The highest BCUT2D eigenvalue weighted by molar-refractivity contribution is 6.39. The van der Waals surface area contributed by atoms with Crippen molar-refractivity contribution in [1.29, 1.82) is 0 Å². The number of imidazole rings is 1. The van der Waals surface area contributed by atoms with Crippen molar-refractivity contribution in [3.8, 4) is 33.9 Å². The molecule has 0 bridgehead atoms. The maximum atomic E-state index is 6.56. The molecular formula is C24H21Cl2N3. The van der Waals surface area contributed by atoms with Crippen molar-refractivity contribution in [3.63, 3.8) is 0 Å². The zero-order valence-electron chi connectivity index (χ0n) is 16.4. The summed E-state index contributed by atoms with van der Waals surface area (Å²) in [5.41, 5.74) is 6.06. The van der Waals surface area contributed by atoms with E-state index < -0.39 is 0 Å². The monoisotopic (exact) mass is 421 g/mol. The second-order valence-electron chi connectivity index (χ2n) is 6.98. The van der Waals surface area contributed by atoms with Crippen LogP contribution in [-0.2, 0) is 6.54 Å². The highest BCUT2D eigenvalue weighted by atomic mass is 35.5. The van der Waals surface area contributed by atoms with Gasteiger partial charge in [0.15, 0.2) is 0 Å². The van der Waals surface area contributed by atoms with E-state index in [0.717, 1.165) is 46.9 Å². The first-order chi connectivity index (χ1) is 14.1. The smallest absolute Gasteiger partial charge is 0.144 e. The molecule has 0 saturated carbocycles. The van der Waals surface area contributed by atoms with Gasteiger partial charge in [0, 0.05) is 30.1 Å². The molecule has 0 saturated heterocycles. The van der Waals surface area contributed by atoms with Crippen LogP contribution in [0, 0.1) is 6.92 Å². The molecule has 5 heteroatoms. The van der Waals surface area contributed by atoms with Crippen LogP contribution in [0.2, 0.25) is 10.0 Å². The molecule has 0 aliphatic heterocycles. The van der Waals surface area contributed by atoms with Gasteiger partial charge in [-0.3, -0.25) is 4.98 Å². The molecule has 2 heterocycles. The Labute approximate surface area is 181 Å². The second kappa shape index (κ2) is 8.40. The summed E-state index contributed by atoms with van der Waals surface area (Å²) in [6, 6.07) is 18.0. The Morgan fingerprint density at radius 2 is 1.52 bits per heavy atom. The average Bonchev–Trinajstić information content (AvgIpc) is 3.08. The molecule has 3 nitrogen and oxygen atoms in total. The van der Waals surface area contributed by atoms with Crippen molar-refractivity contribution in [2.45, 2.75) is 26.8 Å². The number of benzene rings is 2. The van der Waals surface area contributed by atoms with Crippen LogP contribution in [0.3, 0.4) is 0 Å². The van der Waals surface area contributed by atoms with Crippen LogP contribution in [-0.4, -0.2) is 14.5 Å². The number of hydrogen-bond donors (Lipinski definition) is 0. The third kappa shape index (κ3) is 3.81. The van der Waals surface area contributed by atoms with Gasteiger partial charge in [0.25, 0.3) is 0 Å². The molecule has 0 atom stereocenters. The third-order valence-corrected chi connectivity index (χ3v) is 5.51. The summed E-state index contributed by atoms with van der Waals surface area (Å²) >= 11 is 13.1. The summed E-state index contributed by atoms with van der Waals surface area (Å²) < 4.78 is 2.23. The zero-order valence-corrected chi connectivity index (χ0v) is 17.9. The minimum absolute atomic E-state index is 0.594. The standard InChI is InChI=1S/C24H21Cl2N3/c1-3-15-29-23(18-9-7-16(2)8-10-18)22(17-11-13-27-14-12-17)28-24(29)21-19(25)5-4-6-20(21)26/h4-14H,3,15H2,1-2H3. The van der Waals surface area contributed by atoms with Crippen molar-refractivity contribution in [1.82, 2.24) is 14.5 Å². The summed E-state index contributed by atoms with van der Waals surface area (Å²) in [7, 11) is 0. The lowest BCUT2D eigenvalue weighted by molar-refractivity contribution is 0.691. The van der Waals surface area contributed by atoms with Gasteiger partial charge in [-0.2, -0.15) is 0 Å². The highest BCUT2D eigenvalue weighted by Gasteiger charge is 2.23. The molecule has 0 spiro atoms. The van der Waals surface area contributed by atoms with Gasteiger partial charge in [-0.25, -0.2) is 4.98 Å². The van der Waals surface area contributed by atoms with Crippen molar-refractivity contribution >= 4 is 23.2 Å². The van der Waals surface area contributed by atoms with Gasteiger partial charge in [0.2, 0.25) is 0 Å². The minimum atomic E-state index is 0.594. The van der Waals surface area contributed by atoms with Crippen LogP contribution in [0.4, 0.5) is 0 Å². The minimum Gasteiger partial charge on any atom is -0.323 e. The summed E-state index contributed by atoms with van der Waals surface area (Å²) in [5.74, 6) is 0.782. The van der Waals surface area contributed by atoms with E-state index in [9.17, 15) is 0 Å². The molecule has 29 heavy (non-hydrogen) atoms. The quantitative estimate of drug-likeness (QED) is 0.338. The molecule has 0 unspecified atom stereocenters. The van der Waals surface area contributed by atoms with Crippen LogP contribution in [0.1, 0.15) is 18.9 Å². The van der Waals surface area contributed by atoms with E-state index in [1.807, 2.05) is 30.3 Å². The maximum Gasteiger partial charge on any atom is 0.144 e. The lowest BCUT2D eigenvalue weighted by atomic mass is 10.0. The highest BCUT2D eigenvalue weighted by Crippen LogP contribution is 2.40. The number of pyridine rings is 1. The molecular weight excluding hydrogens is 401 g/mol. The number of aromatic nitrogens is 3. The second-order valence-corrected chi connectivity index (χ2v) is 7.80. The van der Waals surface area contributed by atoms with E-state index in [0.29, 0.717) is 10.0 Å². The molecule has 2 aromatic carbocycles. The van der Waals surface area contributed by atoms with Gasteiger partial charge in [-0.1, -0.05) is 66.0 Å². The van der Waals surface area contributed by atoms with Gasteiger partial charge in [0.05, 0.1) is 27.0 Å². The van der Waals surface area contributed by atoms with Gasteiger partial charge >= 0.3 is 0 Å². The summed E-state index contributed by atoms with van der Waals surface area (Å²) in [6.07, 6.45) is 4.53. The molecule has 0 aliphatic carbocycles. The third-order valence-electron chi connectivity index (χ3n) is 4.88. The molecule has 146 valence electrons. The molecule has 0 aliphatic rings. The van der Waals surface area contributed by atoms with Crippen LogP contribution in [0.25, 0.3) is 33.9 Å². The van der Waals surface area contributed by atoms with Crippen molar-refractivity contribution < 1.29 is 0 Å². The number of nitrogens with zero attached hydrogens (tertiary/aromatic N) is 3. The Balaban J connectivity index is 2.06. The fourth-order valence-electron chi connectivity index (χ4n) is 3.51. The van der Waals surface area contributed by atoms with Crippen molar-refractivity contribution in [2.75, 3.05) is 0 Å². The maximum absolute atomic E-state index is 6.56. The first kappa shape index (κ1) is 19.7. The lowest BCUT2D eigenvalue weighted by Crippen LogP contribution is -2.03. The van der Waals surface area contributed by atoms with Crippen LogP contribution in [0.15, 0.2) is 67.0 Å². The van der Waals surface area contributed by atoms with Gasteiger partial charge in [0.1, 0.15) is 5.82 Å². The van der Waals surface area contributed by atoms with Crippen molar-refractivity contribution in [2.24, 2.45) is 0 Å². The summed E-state index contributed by atoms with van der Waals surface area (Å²) in [6.45, 7) is 5.05. The Hall–Kier alpha value is -2.62. The zero-order chi connectivity index (χ0) is 20.4.